The number of hydrazine groups is 1. The van der Waals surface area contributed by atoms with Crippen LogP contribution in [0, 0.1) is 0 Å². The van der Waals surface area contributed by atoms with Crippen molar-refractivity contribution in [1.82, 2.24) is 20.0 Å². The Bertz CT molecular complexity index is 1520. The Morgan fingerprint density at radius 2 is 1.36 bits per heavy atom. The number of fused-ring (bicyclic) bond motifs is 2. The van der Waals surface area contributed by atoms with Crippen LogP contribution in [0.1, 0.15) is 59.0 Å². The second kappa shape index (κ2) is 11.1. The molecule has 9 nitrogen and oxygen atoms in total. The molecule has 1 aliphatic carbocycles. The zero-order valence-electron chi connectivity index (χ0n) is 22.3. The third kappa shape index (κ3) is 4.89. The minimum Gasteiger partial charge on any atom is -0.324 e. The van der Waals surface area contributed by atoms with E-state index < -0.39 is 0 Å². The van der Waals surface area contributed by atoms with Crippen LogP contribution in [0.2, 0.25) is 0 Å². The van der Waals surface area contributed by atoms with Crippen molar-refractivity contribution in [1.29, 1.82) is 0 Å². The molecule has 198 valence electrons. The van der Waals surface area contributed by atoms with Gasteiger partial charge in [-0.05, 0) is 18.6 Å². The number of para-hydroxylation sites is 1. The van der Waals surface area contributed by atoms with Gasteiger partial charge in [0.2, 0.25) is 11.9 Å². The first kappa shape index (κ1) is 26.1. The molecule has 0 radical (unpaired) electrons. The molecule has 4 aromatic rings. The van der Waals surface area contributed by atoms with Gasteiger partial charge in [0.05, 0.1) is 6.17 Å². The summed E-state index contributed by atoms with van der Waals surface area (Å²) in [6, 6.07) is 21.6. The second-order valence-corrected chi connectivity index (χ2v) is 9.16. The Hall–Kier alpha value is -4.47. The average Bonchev–Trinajstić information content (AvgIpc) is 2.98. The molecule has 1 aromatic heterocycles. The highest BCUT2D eigenvalue weighted by molar-refractivity contribution is 6.30. The Labute approximate surface area is 227 Å². The summed E-state index contributed by atoms with van der Waals surface area (Å²) in [5, 5.41) is 7.19. The van der Waals surface area contributed by atoms with Crippen molar-refractivity contribution in [2.24, 2.45) is 5.73 Å². The van der Waals surface area contributed by atoms with E-state index in [1.165, 1.54) is 0 Å². The number of carbonyl (C=O) groups is 2. The van der Waals surface area contributed by atoms with E-state index in [2.05, 4.69) is 10.3 Å². The number of aromatic nitrogens is 3. The van der Waals surface area contributed by atoms with E-state index in [9.17, 15) is 9.59 Å². The number of ketones is 2. The maximum absolute atomic E-state index is 13.7. The number of anilines is 3. The number of rotatable bonds is 9. The summed E-state index contributed by atoms with van der Waals surface area (Å²) in [4.78, 5) is 41.4. The molecule has 0 spiro atoms. The van der Waals surface area contributed by atoms with Crippen molar-refractivity contribution >= 4 is 29.2 Å². The quantitative estimate of drug-likeness (QED) is 0.208. The van der Waals surface area contributed by atoms with Crippen molar-refractivity contribution in [3.63, 3.8) is 0 Å². The summed E-state index contributed by atoms with van der Waals surface area (Å²) >= 11 is 0. The third-order valence-corrected chi connectivity index (χ3v) is 6.82. The first-order valence-electron chi connectivity index (χ1n) is 13.2. The minimum absolute atomic E-state index is 0.197. The Kier molecular flexibility index (Phi) is 7.44. The number of nitrogens with two attached hydrogens (primary N) is 1. The molecule has 1 unspecified atom stereocenters. The van der Waals surface area contributed by atoms with Gasteiger partial charge in [0, 0.05) is 46.6 Å². The molecular formula is C30H31N7O2. The maximum Gasteiger partial charge on any atom is 0.247 e. The summed E-state index contributed by atoms with van der Waals surface area (Å²) in [6.45, 7) is 7.47. The van der Waals surface area contributed by atoms with Crippen molar-refractivity contribution in [3.8, 4) is 11.4 Å². The van der Waals surface area contributed by atoms with Crippen LogP contribution in [0.15, 0.2) is 72.8 Å². The van der Waals surface area contributed by atoms with E-state index in [1.54, 1.807) is 42.5 Å². The van der Waals surface area contributed by atoms with Gasteiger partial charge >= 0.3 is 0 Å². The van der Waals surface area contributed by atoms with Crippen LogP contribution in [0.3, 0.4) is 0 Å². The second-order valence-electron chi connectivity index (χ2n) is 9.16. The third-order valence-electron chi connectivity index (χ3n) is 6.82. The molecular weight excluding hydrogens is 490 g/mol. The lowest BCUT2D eigenvalue weighted by Crippen LogP contribution is -2.53. The summed E-state index contributed by atoms with van der Waals surface area (Å²) in [7, 11) is 0. The van der Waals surface area contributed by atoms with Gasteiger partial charge in [-0.3, -0.25) is 14.6 Å². The number of hydrogen-bond acceptors (Lipinski definition) is 9. The molecule has 39 heavy (non-hydrogen) atoms. The normalized spacial score (nSPS) is 13.2. The maximum atomic E-state index is 13.7. The molecule has 3 aromatic carbocycles. The number of nitrogens with one attached hydrogen (secondary N) is 1. The number of hydrogen-bond donors (Lipinski definition) is 2. The van der Waals surface area contributed by atoms with Crippen molar-refractivity contribution in [3.05, 3.63) is 95.1 Å². The molecule has 1 heterocycles. The van der Waals surface area contributed by atoms with Gasteiger partial charge in [-0.15, -0.1) is 0 Å². The minimum atomic E-state index is -0.385. The van der Waals surface area contributed by atoms with Crippen molar-refractivity contribution < 1.29 is 9.59 Å². The van der Waals surface area contributed by atoms with Crippen LogP contribution < -0.4 is 16.1 Å². The Morgan fingerprint density at radius 1 is 0.744 bits per heavy atom. The van der Waals surface area contributed by atoms with Crippen molar-refractivity contribution in [2.45, 2.75) is 33.4 Å². The van der Waals surface area contributed by atoms with E-state index in [0.29, 0.717) is 53.7 Å². The molecule has 0 amide bonds. The van der Waals surface area contributed by atoms with E-state index in [4.69, 9.17) is 20.7 Å². The average molecular weight is 522 g/mol. The SMILES string of the molecule is CCC(N)N(c1nc(Nc2ccccc2)nc(-c2cccc3c2C(=O)c2ccccc2C3=O)n1)N(CC)CC. The Balaban J connectivity index is 1.71. The summed E-state index contributed by atoms with van der Waals surface area (Å²) < 4.78 is 0. The lowest BCUT2D eigenvalue weighted by atomic mass is 9.82. The summed E-state index contributed by atoms with van der Waals surface area (Å²) in [5.74, 6) is 0.493. The molecule has 0 aliphatic heterocycles. The largest absolute Gasteiger partial charge is 0.324 e. The fraction of sp³-hybridized carbons (Fsp3) is 0.233. The highest BCUT2D eigenvalue weighted by Crippen LogP contribution is 2.34. The van der Waals surface area contributed by atoms with Crippen LogP contribution in [-0.4, -0.2) is 50.8 Å². The van der Waals surface area contributed by atoms with E-state index >= 15 is 0 Å². The fourth-order valence-corrected chi connectivity index (χ4v) is 4.81. The standard InChI is InChI=1S/C30H31N7O2/c1-4-24(31)37(36(5-2)6-3)30-34-28(33-29(35-30)32-19-13-8-7-9-14-19)23-18-12-17-22-25(23)27(39)21-16-11-10-15-20(21)26(22)38/h7-18,24H,4-6,31H2,1-3H3,(H,32,33,34,35). The van der Waals surface area contributed by atoms with E-state index in [-0.39, 0.29) is 29.1 Å². The van der Waals surface area contributed by atoms with Crippen LogP contribution in [0.4, 0.5) is 17.6 Å². The highest BCUT2D eigenvalue weighted by atomic mass is 16.1. The van der Waals surface area contributed by atoms with Gasteiger partial charge in [-0.2, -0.15) is 15.0 Å². The number of carbonyl (C=O) groups excluding carboxylic acids is 2. The molecule has 9 heteroatoms. The lowest BCUT2D eigenvalue weighted by Gasteiger charge is -2.37. The summed E-state index contributed by atoms with van der Waals surface area (Å²) in [6.07, 6.45) is 0.271. The number of nitrogens with zero attached hydrogens (tertiary/aromatic N) is 5. The zero-order chi connectivity index (χ0) is 27.5. The van der Waals surface area contributed by atoms with E-state index in [0.717, 1.165) is 5.69 Å². The molecule has 0 saturated carbocycles. The number of benzene rings is 3. The molecule has 0 bridgehead atoms. The van der Waals surface area contributed by atoms with Crippen LogP contribution in [0.5, 0.6) is 0 Å². The topological polar surface area (TPSA) is 117 Å². The highest BCUT2D eigenvalue weighted by Gasteiger charge is 2.33. The smallest absolute Gasteiger partial charge is 0.247 e. The van der Waals surface area contributed by atoms with Crippen LogP contribution in [0.25, 0.3) is 11.4 Å². The first-order chi connectivity index (χ1) is 19.0. The van der Waals surface area contributed by atoms with Crippen LogP contribution >= 0.6 is 0 Å². The predicted octanol–water partition coefficient (Wildman–Crippen LogP) is 4.82. The van der Waals surface area contributed by atoms with Crippen molar-refractivity contribution in [2.75, 3.05) is 23.4 Å². The van der Waals surface area contributed by atoms with E-state index in [1.807, 2.05) is 56.1 Å². The van der Waals surface area contributed by atoms with Gasteiger partial charge in [0.15, 0.2) is 17.4 Å². The molecule has 0 saturated heterocycles. The molecule has 3 N–H and O–H groups in total. The Morgan fingerprint density at radius 3 is 2.03 bits per heavy atom. The monoisotopic (exact) mass is 521 g/mol. The van der Waals surface area contributed by atoms with Gasteiger partial charge in [0.1, 0.15) is 0 Å². The van der Waals surface area contributed by atoms with Gasteiger partial charge in [-0.1, -0.05) is 81.4 Å². The summed E-state index contributed by atoms with van der Waals surface area (Å²) in [5.41, 5.74) is 9.22. The zero-order valence-corrected chi connectivity index (χ0v) is 22.3. The molecule has 5 rings (SSSR count). The fourth-order valence-electron chi connectivity index (χ4n) is 4.81. The molecule has 1 atom stereocenters. The van der Waals surface area contributed by atoms with Crippen LogP contribution in [-0.2, 0) is 0 Å². The van der Waals surface area contributed by atoms with Gasteiger partial charge in [0.25, 0.3) is 0 Å². The lowest BCUT2D eigenvalue weighted by molar-refractivity contribution is 0.0979. The first-order valence-corrected chi connectivity index (χ1v) is 13.2. The van der Waals surface area contributed by atoms with Gasteiger partial charge < -0.3 is 11.1 Å². The molecule has 0 fully saturated rings. The predicted molar refractivity (Wildman–Crippen MR) is 152 cm³/mol. The van der Waals surface area contributed by atoms with Gasteiger partial charge in [-0.25, -0.2) is 5.01 Å². The molecule has 1 aliphatic rings.